The number of fused-ring (bicyclic) bond motifs is 2. The van der Waals surface area contributed by atoms with Crippen LogP contribution in [0, 0.1) is 0 Å². The van der Waals surface area contributed by atoms with E-state index in [1.165, 1.54) is 11.0 Å². The number of benzene rings is 2. The van der Waals surface area contributed by atoms with Crippen LogP contribution in [0.4, 0.5) is 19.0 Å². The van der Waals surface area contributed by atoms with E-state index in [-0.39, 0.29) is 31.5 Å². The summed E-state index contributed by atoms with van der Waals surface area (Å²) in [6.07, 6.45) is -4.45. The van der Waals surface area contributed by atoms with Crippen LogP contribution in [-0.2, 0) is 24.1 Å². The molecule has 162 valence electrons. The lowest BCUT2D eigenvalue weighted by molar-refractivity contribution is -0.137. The lowest BCUT2D eigenvalue weighted by Gasteiger charge is -2.33. The zero-order valence-electron chi connectivity index (χ0n) is 16.6. The normalized spacial score (nSPS) is 16.2. The van der Waals surface area contributed by atoms with E-state index < -0.39 is 17.8 Å². The van der Waals surface area contributed by atoms with Crippen molar-refractivity contribution in [1.29, 1.82) is 0 Å². The number of nitrogen functional groups attached to an aromatic ring is 1. The van der Waals surface area contributed by atoms with Gasteiger partial charge < -0.3 is 20.5 Å². The number of anilines is 1. The van der Waals surface area contributed by atoms with Gasteiger partial charge in [0.05, 0.1) is 36.9 Å². The summed E-state index contributed by atoms with van der Waals surface area (Å²) in [4.78, 5) is 18.8. The van der Waals surface area contributed by atoms with Gasteiger partial charge in [0, 0.05) is 18.0 Å². The molecule has 0 saturated carbocycles. The first-order chi connectivity index (χ1) is 14.7. The van der Waals surface area contributed by atoms with E-state index >= 15 is 0 Å². The number of aliphatic hydroxyl groups is 1. The molecule has 1 amide bonds. The molecular weight excluding hydrogens is 411 g/mol. The molecule has 3 aromatic rings. The predicted octanol–water partition coefficient (Wildman–Crippen LogP) is 3.67. The summed E-state index contributed by atoms with van der Waals surface area (Å²) >= 11 is 0. The largest absolute Gasteiger partial charge is 0.416 e. The van der Waals surface area contributed by atoms with Crippen LogP contribution in [0.3, 0.4) is 0 Å². The second kappa shape index (κ2) is 7.82. The first-order valence-electron chi connectivity index (χ1n) is 9.54. The number of amides is 1. The van der Waals surface area contributed by atoms with Crippen LogP contribution < -0.4 is 5.73 Å². The smallest absolute Gasteiger partial charge is 0.392 e. The van der Waals surface area contributed by atoms with Gasteiger partial charge in [-0.3, -0.25) is 4.79 Å². The summed E-state index contributed by atoms with van der Waals surface area (Å²) in [5, 5.41) is 10.2. The topological polar surface area (TPSA) is 88.7 Å². The van der Waals surface area contributed by atoms with Gasteiger partial charge >= 0.3 is 6.18 Å². The molecule has 1 atom stereocenters. The number of halogens is 3. The molecule has 31 heavy (non-hydrogen) atoms. The average Bonchev–Trinajstić information content (AvgIpc) is 2.75. The summed E-state index contributed by atoms with van der Waals surface area (Å²) in [6, 6.07) is 9.39. The van der Waals surface area contributed by atoms with Crippen LogP contribution >= 0.6 is 0 Å². The Kier molecular flexibility index (Phi) is 5.32. The number of nitrogens with two attached hydrogens (primary N) is 1. The maximum absolute atomic E-state index is 13.2. The zero-order valence-corrected chi connectivity index (χ0v) is 16.6. The number of alkyl halides is 3. The van der Waals surface area contributed by atoms with Crippen LogP contribution in [0.2, 0.25) is 0 Å². The average molecular weight is 431 g/mol. The number of aromatic nitrogens is 1. The standard InChI is InChI=1S/C22H20F3N3O3/c1-28(19-11-31-10-14-6-15(22(23,24)25)3-4-16(14)19)21(30)12-2-5-18-17(7-12)13(9-29)8-20(26)27-18/h2-8,19,29H,9-11H2,1H3,(H2,26,27). The molecule has 0 bridgehead atoms. The van der Waals surface area contributed by atoms with Crippen LogP contribution in [-0.4, -0.2) is 34.6 Å². The third kappa shape index (κ3) is 3.94. The monoisotopic (exact) mass is 431 g/mol. The first kappa shape index (κ1) is 21.1. The molecule has 1 aliphatic heterocycles. The molecule has 0 aliphatic carbocycles. The molecule has 1 aliphatic rings. The molecule has 0 fully saturated rings. The minimum Gasteiger partial charge on any atom is -0.392 e. The summed E-state index contributed by atoms with van der Waals surface area (Å²) in [7, 11) is 1.58. The van der Waals surface area contributed by atoms with E-state index in [1.807, 2.05) is 0 Å². The molecule has 1 unspecified atom stereocenters. The maximum atomic E-state index is 13.2. The maximum Gasteiger partial charge on any atom is 0.416 e. The van der Waals surface area contributed by atoms with Crippen molar-refractivity contribution in [1.82, 2.24) is 9.88 Å². The zero-order chi connectivity index (χ0) is 22.3. The van der Waals surface area contributed by atoms with Crippen LogP contribution in [0.15, 0.2) is 42.5 Å². The van der Waals surface area contributed by atoms with Gasteiger partial charge in [-0.05, 0) is 53.1 Å². The summed E-state index contributed by atoms with van der Waals surface area (Å²) in [5.41, 5.74) is 7.49. The van der Waals surface area contributed by atoms with Crippen molar-refractivity contribution in [2.24, 2.45) is 0 Å². The van der Waals surface area contributed by atoms with Gasteiger partial charge in [-0.2, -0.15) is 13.2 Å². The highest BCUT2D eigenvalue weighted by molar-refractivity contribution is 5.99. The molecule has 3 N–H and O–H groups in total. The van der Waals surface area contributed by atoms with Gasteiger partial charge in [-0.15, -0.1) is 0 Å². The van der Waals surface area contributed by atoms with Crippen molar-refractivity contribution in [3.8, 4) is 0 Å². The molecule has 2 aromatic carbocycles. The van der Waals surface area contributed by atoms with Crippen LogP contribution in [0.25, 0.3) is 10.9 Å². The Hall–Kier alpha value is -3.17. The summed E-state index contributed by atoms with van der Waals surface area (Å²) < 4.78 is 44.6. The van der Waals surface area contributed by atoms with E-state index in [2.05, 4.69) is 4.98 Å². The van der Waals surface area contributed by atoms with Gasteiger partial charge in [0.25, 0.3) is 5.91 Å². The molecule has 9 heteroatoms. The van der Waals surface area contributed by atoms with E-state index in [1.54, 1.807) is 31.3 Å². The number of pyridine rings is 1. The molecule has 2 heterocycles. The number of carbonyl (C=O) groups excluding carboxylic acids is 1. The van der Waals surface area contributed by atoms with Crippen LogP contribution in [0.5, 0.6) is 0 Å². The highest BCUT2D eigenvalue weighted by Crippen LogP contribution is 2.36. The van der Waals surface area contributed by atoms with E-state index in [0.717, 1.165) is 12.1 Å². The quantitative estimate of drug-likeness (QED) is 0.661. The number of likely N-dealkylation sites (N-methyl/N-ethyl adjacent to an activating group) is 1. The Morgan fingerprint density at radius 2 is 2.03 bits per heavy atom. The predicted molar refractivity (Wildman–Crippen MR) is 108 cm³/mol. The number of rotatable bonds is 3. The van der Waals surface area contributed by atoms with Crippen molar-refractivity contribution in [2.45, 2.75) is 25.4 Å². The fourth-order valence-electron chi connectivity index (χ4n) is 3.85. The fraction of sp³-hybridized carbons (Fsp3) is 0.273. The number of nitrogens with zero attached hydrogens (tertiary/aromatic N) is 2. The fourth-order valence-corrected chi connectivity index (χ4v) is 3.85. The molecule has 0 radical (unpaired) electrons. The second-order valence-corrected chi connectivity index (χ2v) is 7.45. The van der Waals surface area contributed by atoms with E-state index in [4.69, 9.17) is 10.5 Å². The van der Waals surface area contributed by atoms with Crippen LogP contribution in [0.1, 0.15) is 38.7 Å². The number of aliphatic hydroxyl groups excluding tert-OH is 1. The lowest BCUT2D eigenvalue weighted by Crippen LogP contribution is -2.36. The molecular formula is C22H20F3N3O3. The van der Waals surface area contributed by atoms with Crippen molar-refractivity contribution in [3.63, 3.8) is 0 Å². The lowest BCUT2D eigenvalue weighted by atomic mass is 9.95. The minimum atomic E-state index is -4.45. The van der Waals surface area contributed by atoms with Crippen molar-refractivity contribution < 1.29 is 27.8 Å². The molecule has 6 nitrogen and oxygen atoms in total. The van der Waals surface area contributed by atoms with Gasteiger partial charge in [0.1, 0.15) is 5.82 Å². The van der Waals surface area contributed by atoms with Gasteiger partial charge in [0.15, 0.2) is 0 Å². The number of carbonyl (C=O) groups is 1. The van der Waals surface area contributed by atoms with Gasteiger partial charge in [0.2, 0.25) is 0 Å². The Morgan fingerprint density at radius 3 is 2.74 bits per heavy atom. The Bertz CT molecular complexity index is 1160. The van der Waals surface area contributed by atoms with Crippen molar-refractivity contribution in [3.05, 3.63) is 70.3 Å². The highest BCUT2D eigenvalue weighted by atomic mass is 19.4. The van der Waals surface area contributed by atoms with Crippen molar-refractivity contribution >= 4 is 22.6 Å². The molecule has 0 saturated heterocycles. The summed E-state index contributed by atoms with van der Waals surface area (Å²) in [5.74, 6) is -0.0640. The van der Waals surface area contributed by atoms with E-state index in [0.29, 0.717) is 33.2 Å². The van der Waals surface area contributed by atoms with Gasteiger partial charge in [-0.25, -0.2) is 4.98 Å². The van der Waals surface area contributed by atoms with Gasteiger partial charge in [-0.1, -0.05) is 6.07 Å². The number of hydrogen-bond acceptors (Lipinski definition) is 5. The second-order valence-electron chi connectivity index (χ2n) is 7.45. The highest BCUT2D eigenvalue weighted by Gasteiger charge is 2.34. The van der Waals surface area contributed by atoms with E-state index in [9.17, 15) is 23.1 Å². The van der Waals surface area contributed by atoms with Crippen molar-refractivity contribution in [2.75, 3.05) is 19.4 Å². The molecule has 1 aromatic heterocycles. The third-order valence-electron chi connectivity index (χ3n) is 5.48. The Morgan fingerprint density at radius 1 is 1.26 bits per heavy atom. The molecule has 0 spiro atoms. The Labute approximate surface area is 176 Å². The SMILES string of the molecule is CN(C(=O)c1ccc2nc(N)cc(CO)c2c1)C1COCc2cc(C(F)(F)F)ccc21. The third-order valence-corrected chi connectivity index (χ3v) is 5.48. The number of hydrogen-bond donors (Lipinski definition) is 2. The molecule has 4 rings (SSSR count). The minimum absolute atomic E-state index is 0.0563. The first-order valence-corrected chi connectivity index (χ1v) is 9.54. The Balaban J connectivity index is 1.67. The summed E-state index contributed by atoms with van der Waals surface area (Å²) in [6.45, 7) is -0.0308. The number of ether oxygens (including phenoxy) is 1.